The normalized spacial score (nSPS) is 10.3. The number of pyridine rings is 1. The topological polar surface area (TPSA) is 71.6 Å². The number of rotatable bonds is 7. The SMILES string of the molecule is CCCOc1nc(N(CC)CCO)ccc1N. The number of aliphatic hydroxyl groups is 1. The first kappa shape index (κ1) is 13.6. The fourth-order valence-corrected chi connectivity index (χ4v) is 1.49. The predicted molar refractivity (Wildman–Crippen MR) is 69.4 cm³/mol. The van der Waals surface area contributed by atoms with Crippen LogP contribution in [-0.4, -0.2) is 36.4 Å². The largest absolute Gasteiger partial charge is 0.476 e. The van der Waals surface area contributed by atoms with Crippen molar-refractivity contribution in [1.29, 1.82) is 0 Å². The first-order valence-electron chi connectivity index (χ1n) is 5.98. The number of nitrogen functional groups attached to an aromatic ring is 1. The Morgan fingerprint density at radius 3 is 2.76 bits per heavy atom. The van der Waals surface area contributed by atoms with Gasteiger partial charge in [-0.05, 0) is 25.5 Å². The lowest BCUT2D eigenvalue weighted by Crippen LogP contribution is -2.27. The molecule has 1 heterocycles. The number of hydrogen-bond acceptors (Lipinski definition) is 5. The lowest BCUT2D eigenvalue weighted by atomic mass is 10.3. The standard InChI is InChI=1S/C12H21N3O2/c1-3-9-17-12-10(13)5-6-11(14-12)15(4-2)7-8-16/h5-6,16H,3-4,7-9,13H2,1-2H3. The number of nitrogens with two attached hydrogens (primary N) is 1. The Balaban J connectivity index is 2.85. The summed E-state index contributed by atoms with van der Waals surface area (Å²) in [5, 5.41) is 8.97. The Morgan fingerprint density at radius 1 is 1.41 bits per heavy atom. The van der Waals surface area contributed by atoms with Crippen LogP contribution in [0.4, 0.5) is 11.5 Å². The van der Waals surface area contributed by atoms with Crippen molar-refractivity contribution in [2.75, 3.05) is 36.9 Å². The van der Waals surface area contributed by atoms with Gasteiger partial charge in [0.15, 0.2) is 0 Å². The molecule has 0 aromatic carbocycles. The maximum absolute atomic E-state index is 8.97. The first-order chi connectivity index (χ1) is 8.22. The van der Waals surface area contributed by atoms with Gasteiger partial charge in [-0.25, -0.2) is 0 Å². The molecule has 0 spiro atoms. The number of hydrogen-bond donors (Lipinski definition) is 2. The highest BCUT2D eigenvalue weighted by Gasteiger charge is 2.09. The highest BCUT2D eigenvalue weighted by Crippen LogP contribution is 2.23. The van der Waals surface area contributed by atoms with Gasteiger partial charge in [0.1, 0.15) is 5.82 Å². The molecule has 17 heavy (non-hydrogen) atoms. The van der Waals surface area contributed by atoms with Gasteiger partial charge in [0.25, 0.3) is 0 Å². The van der Waals surface area contributed by atoms with Crippen LogP contribution < -0.4 is 15.4 Å². The molecule has 0 amide bonds. The van der Waals surface area contributed by atoms with Crippen molar-refractivity contribution in [1.82, 2.24) is 4.98 Å². The van der Waals surface area contributed by atoms with Crippen molar-refractivity contribution < 1.29 is 9.84 Å². The van der Waals surface area contributed by atoms with E-state index >= 15 is 0 Å². The minimum absolute atomic E-state index is 0.102. The van der Waals surface area contributed by atoms with Crippen LogP contribution in [-0.2, 0) is 0 Å². The molecule has 0 aliphatic carbocycles. The molecule has 1 rings (SSSR count). The van der Waals surface area contributed by atoms with E-state index in [1.807, 2.05) is 24.8 Å². The molecule has 0 saturated carbocycles. The summed E-state index contributed by atoms with van der Waals surface area (Å²) < 4.78 is 5.47. The molecule has 1 aromatic heterocycles. The van der Waals surface area contributed by atoms with Crippen LogP contribution in [0.1, 0.15) is 20.3 Å². The summed E-state index contributed by atoms with van der Waals surface area (Å²) in [6, 6.07) is 3.63. The highest BCUT2D eigenvalue weighted by atomic mass is 16.5. The van der Waals surface area contributed by atoms with Gasteiger partial charge in [-0.15, -0.1) is 0 Å². The second kappa shape index (κ2) is 6.96. The monoisotopic (exact) mass is 239 g/mol. The van der Waals surface area contributed by atoms with E-state index in [0.717, 1.165) is 18.8 Å². The van der Waals surface area contributed by atoms with Crippen LogP contribution in [0.25, 0.3) is 0 Å². The number of nitrogens with zero attached hydrogens (tertiary/aromatic N) is 2. The molecule has 0 saturated heterocycles. The van der Waals surface area contributed by atoms with Crippen LogP contribution in [0.2, 0.25) is 0 Å². The minimum atomic E-state index is 0.102. The summed E-state index contributed by atoms with van der Waals surface area (Å²) in [4.78, 5) is 6.34. The molecule has 0 fully saturated rings. The molecular weight excluding hydrogens is 218 g/mol. The summed E-state index contributed by atoms with van der Waals surface area (Å²) in [5.41, 5.74) is 6.33. The molecule has 3 N–H and O–H groups in total. The third-order valence-electron chi connectivity index (χ3n) is 2.39. The molecule has 0 aliphatic heterocycles. The van der Waals surface area contributed by atoms with Crippen molar-refractivity contribution >= 4 is 11.5 Å². The number of aromatic nitrogens is 1. The van der Waals surface area contributed by atoms with Crippen molar-refractivity contribution in [2.45, 2.75) is 20.3 Å². The lowest BCUT2D eigenvalue weighted by molar-refractivity contribution is 0.299. The molecule has 0 bridgehead atoms. The van der Waals surface area contributed by atoms with Gasteiger partial charge in [-0.2, -0.15) is 4.98 Å². The predicted octanol–water partition coefficient (Wildman–Crippen LogP) is 1.27. The van der Waals surface area contributed by atoms with Crippen molar-refractivity contribution in [2.24, 2.45) is 0 Å². The van der Waals surface area contributed by atoms with Gasteiger partial charge < -0.3 is 20.5 Å². The molecular formula is C12H21N3O2. The third kappa shape index (κ3) is 3.78. The molecule has 0 unspecified atom stereocenters. The van der Waals surface area contributed by atoms with E-state index in [1.54, 1.807) is 6.07 Å². The minimum Gasteiger partial charge on any atom is -0.476 e. The van der Waals surface area contributed by atoms with Crippen LogP contribution >= 0.6 is 0 Å². The van der Waals surface area contributed by atoms with E-state index in [9.17, 15) is 0 Å². The van der Waals surface area contributed by atoms with E-state index in [4.69, 9.17) is 15.6 Å². The van der Waals surface area contributed by atoms with Gasteiger partial charge in [0, 0.05) is 13.1 Å². The highest BCUT2D eigenvalue weighted by molar-refractivity contribution is 5.54. The smallest absolute Gasteiger partial charge is 0.239 e. The second-order valence-electron chi connectivity index (χ2n) is 3.72. The van der Waals surface area contributed by atoms with E-state index in [1.165, 1.54) is 0 Å². The zero-order valence-electron chi connectivity index (χ0n) is 10.5. The quantitative estimate of drug-likeness (QED) is 0.749. The Labute approximate surface area is 102 Å². The molecule has 0 atom stereocenters. The lowest BCUT2D eigenvalue weighted by Gasteiger charge is -2.21. The number of anilines is 2. The molecule has 5 nitrogen and oxygen atoms in total. The van der Waals surface area contributed by atoms with E-state index in [2.05, 4.69) is 4.98 Å². The van der Waals surface area contributed by atoms with Crippen molar-refractivity contribution in [3.63, 3.8) is 0 Å². The average molecular weight is 239 g/mol. The van der Waals surface area contributed by atoms with Crippen molar-refractivity contribution in [3.8, 4) is 5.88 Å². The van der Waals surface area contributed by atoms with Gasteiger partial charge in [-0.1, -0.05) is 6.92 Å². The van der Waals surface area contributed by atoms with Crippen LogP contribution in [0.5, 0.6) is 5.88 Å². The summed E-state index contributed by atoms with van der Waals surface area (Å²) in [6.45, 7) is 6.09. The molecule has 0 radical (unpaired) electrons. The molecule has 5 heteroatoms. The molecule has 0 aliphatic rings. The third-order valence-corrected chi connectivity index (χ3v) is 2.39. The van der Waals surface area contributed by atoms with Crippen molar-refractivity contribution in [3.05, 3.63) is 12.1 Å². The summed E-state index contributed by atoms with van der Waals surface area (Å²) in [5.74, 6) is 1.25. The second-order valence-corrected chi connectivity index (χ2v) is 3.72. The summed E-state index contributed by atoms with van der Waals surface area (Å²) in [7, 11) is 0. The molecule has 96 valence electrons. The Hall–Kier alpha value is -1.49. The Bertz CT molecular complexity index is 345. The first-order valence-corrected chi connectivity index (χ1v) is 5.98. The average Bonchev–Trinajstić information content (AvgIpc) is 2.35. The van der Waals surface area contributed by atoms with Crippen LogP contribution in [0, 0.1) is 0 Å². The van der Waals surface area contributed by atoms with Crippen LogP contribution in [0.15, 0.2) is 12.1 Å². The fraction of sp³-hybridized carbons (Fsp3) is 0.583. The number of likely N-dealkylation sites (N-methyl/N-ethyl adjacent to an activating group) is 1. The summed E-state index contributed by atoms with van der Waals surface area (Å²) >= 11 is 0. The van der Waals surface area contributed by atoms with E-state index in [-0.39, 0.29) is 6.61 Å². The number of ether oxygens (including phenoxy) is 1. The van der Waals surface area contributed by atoms with E-state index < -0.39 is 0 Å². The Morgan fingerprint density at radius 2 is 2.18 bits per heavy atom. The zero-order valence-corrected chi connectivity index (χ0v) is 10.5. The maximum atomic E-state index is 8.97. The fourth-order valence-electron chi connectivity index (χ4n) is 1.49. The maximum Gasteiger partial charge on any atom is 0.239 e. The van der Waals surface area contributed by atoms with Crippen LogP contribution in [0.3, 0.4) is 0 Å². The van der Waals surface area contributed by atoms with Gasteiger partial charge in [0.05, 0.1) is 18.9 Å². The Kier molecular flexibility index (Phi) is 5.56. The van der Waals surface area contributed by atoms with Gasteiger partial charge in [-0.3, -0.25) is 0 Å². The van der Waals surface area contributed by atoms with Gasteiger partial charge >= 0.3 is 0 Å². The zero-order chi connectivity index (χ0) is 12.7. The summed E-state index contributed by atoms with van der Waals surface area (Å²) in [6.07, 6.45) is 0.916. The number of aliphatic hydroxyl groups excluding tert-OH is 1. The van der Waals surface area contributed by atoms with Gasteiger partial charge in [0.2, 0.25) is 5.88 Å². The molecule has 1 aromatic rings. The van der Waals surface area contributed by atoms with E-state index in [0.29, 0.717) is 24.7 Å².